The van der Waals surface area contributed by atoms with Gasteiger partial charge in [0.2, 0.25) is 0 Å². The summed E-state index contributed by atoms with van der Waals surface area (Å²) in [5.74, 6) is 1.50. The molecule has 0 bridgehead atoms. The van der Waals surface area contributed by atoms with Crippen LogP contribution in [0.3, 0.4) is 0 Å². The number of hydrogen-bond acceptors (Lipinski definition) is 7. The number of rotatable bonds is 7. The van der Waals surface area contributed by atoms with Gasteiger partial charge in [-0.2, -0.15) is 9.78 Å². The molecule has 0 saturated heterocycles. The SMILES string of the molecule is COc1cc(C=Nn2c(C(C)(C)C)nc3ccc(Br)cc3c2=O)cc(I)c1OCc1cccc([N+](=O)[O-])c1. The van der Waals surface area contributed by atoms with E-state index in [2.05, 4.69) is 43.6 Å². The minimum atomic E-state index is -0.442. The number of fused-ring (bicyclic) bond motifs is 1. The van der Waals surface area contributed by atoms with Crippen LogP contribution in [-0.4, -0.2) is 27.9 Å². The van der Waals surface area contributed by atoms with Gasteiger partial charge in [0, 0.05) is 22.0 Å². The summed E-state index contributed by atoms with van der Waals surface area (Å²) in [6.45, 7) is 6.06. The van der Waals surface area contributed by atoms with E-state index in [1.807, 2.05) is 39.0 Å². The van der Waals surface area contributed by atoms with E-state index in [0.717, 1.165) is 8.04 Å². The summed E-state index contributed by atoms with van der Waals surface area (Å²) >= 11 is 5.55. The highest BCUT2D eigenvalue weighted by molar-refractivity contribution is 14.1. The third kappa shape index (κ3) is 6.04. The van der Waals surface area contributed by atoms with Crippen LogP contribution < -0.4 is 15.0 Å². The number of methoxy groups -OCH3 is 1. The second kappa shape index (κ2) is 11.2. The van der Waals surface area contributed by atoms with Gasteiger partial charge in [-0.05, 0) is 64.0 Å². The Bertz CT molecular complexity index is 1630. The van der Waals surface area contributed by atoms with Crippen LogP contribution in [0.5, 0.6) is 11.5 Å². The van der Waals surface area contributed by atoms with Gasteiger partial charge in [-0.15, -0.1) is 0 Å². The first-order valence-corrected chi connectivity index (χ1v) is 13.4. The van der Waals surface area contributed by atoms with Gasteiger partial charge in [-0.3, -0.25) is 14.9 Å². The molecule has 11 heteroatoms. The zero-order valence-corrected chi connectivity index (χ0v) is 24.8. The van der Waals surface area contributed by atoms with Crippen molar-refractivity contribution >= 4 is 61.3 Å². The van der Waals surface area contributed by atoms with E-state index in [4.69, 9.17) is 14.5 Å². The van der Waals surface area contributed by atoms with Crippen molar-refractivity contribution in [3.05, 3.63) is 100 Å². The Balaban J connectivity index is 1.69. The van der Waals surface area contributed by atoms with Gasteiger partial charge in [-0.1, -0.05) is 48.8 Å². The Kier molecular flexibility index (Phi) is 8.16. The van der Waals surface area contributed by atoms with Crippen LogP contribution >= 0.6 is 38.5 Å². The van der Waals surface area contributed by atoms with Gasteiger partial charge in [0.25, 0.3) is 11.2 Å². The van der Waals surface area contributed by atoms with Crippen molar-refractivity contribution < 1.29 is 14.4 Å². The van der Waals surface area contributed by atoms with Crippen LogP contribution in [0.25, 0.3) is 10.9 Å². The molecule has 0 atom stereocenters. The maximum atomic E-state index is 13.4. The molecule has 0 aliphatic rings. The number of nitro benzene ring substituents is 1. The predicted octanol–water partition coefficient (Wildman–Crippen LogP) is 6.44. The zero-order chi connectivity index (χ0) is 27.6. The number of nitrogens with zero attached hydrogens (tertiary/aromatic N) is 4. The van der Waals surface area contributed by atoms with Gasteiger partial charge < -0.3 is 9.47 Å². The van der Waals surface area contributed by atoms with E-state index >= 15 is 0 Å². The van der Waals surface area contributed by atoms with Crippen LogP contribution in [0.1, 0.15) is 37.7 Å². The maximum absolute atomic E-state index is 13.4. The molecular formula is C27H24BrIN4O5. The molecule has 1 aromatic heterocycles. The number of halogens is 2. The number of non-ortho nitro benzene ring substituents is 1. The van der Waals surface area contributed by atoms with Gasteiger partial charge in [0.05, 0.1) is 32.7 Å². The molecule has 9 nitrogen and oxygen atoms in total. The molecule has 4 rings (SSSR count). The lowest BCUT2D eigenvalue weighted by atomic mass is 9.95. The summed E-state index contributed by atoms with van der Waals surface area (Å²) in [4.78, 5) is 28.8. The summed E-state index contributed by atoms with van der Waals surface area (Å²) < 4.78 is 14.4. The second-order valence-electron chi connectivity index (χ2n) is 9.46. The number of hydrogen-bond donors (Lipinski definition) is 0. The van der Waals surface area contributed by atoms with E-state index in [1.54, 1.807) is 30.5 Å². The zero-order valence-electron chi connectivity index (χ0n) is 21.1. The lowest BCUT2D eigenvalue weighted by molar-refractivity contribution is -0.384. The smallest absolute Gasteiger partial charge is 0.282 e. The largest absolute Gasteiger partial charge is 0.493 e. The molecule has 0 saturated carbocycles. The molecule has 0 spiro atoms. The normalized spacial score (nSPS) is 11.7. The highest BCUT2D eigenvalue weighted by atomic mass is 127. The predicted molar refractivity (Wildman–Crippen MR) is 159 cm³/mol. The van der Waals surface area contributed by atoms with Gasteiger partial charge in [0.1, 0.15) is 12.4 Å². The molecule has 0 radical (unpaired) electrons. The summed E-state index contributed by atoms with van der Waals surface area (Å²) in [5.41, 5.74) is 1.25. The standard InChI is InChI=1S/C27H24BrIN4O5/c1-27(2,3)26-31-22-9-8-18(28)13-20(22)25(34)32(26)30-14-17-11-21(29)24(23(12-17)37-4)38-15-16-6-5-7-19(10-16)33(35)36/h5-14H,15H2,1-4H3. The molecule has 0 aliphatic carbocycles. The first-order chi connectivity index (χ1) is 18.0. The van der Waals surface area contributed by atoms with Crippen molar-refractivity contribution in [3.8, 4) is 11.5 Å². The third-order valence-corrected chi connectivity index (χ3v) is 6.85. The summed E-state index contributed by atoms with van der Waals surface area (Å²) in [7, 11) is 1.53. The van der Waals surface area contributed by atoms with Gasteiger partial charge >= 0.3 is 0 Å². The van der Waals surface area contributed by atoms with E-state index < -0.39 is 10.3 Å². The van der Waals surface area contributed by atoms with Gasteiger partial charge in [-0.25, -0.2) is 4.98 Å². The van der Waals surface area contributed by atoms with Crippen molar-refractivity contribution in [2.45, 2.75) is 32.8 Å². The maximum Gasteiger partial charge on any atom is 0.282 e. The second-order valence-corrected chi connectivity index (χ2v) is 11.5. The Labute approximate surface area is 240 Å². The summed E-state index contributed by atoms with van der Waals surface area (Å²) in [6.07, 6.45) is 1.58. The monoisotopic (exact) mass is 690 g/mol. The molecule has 4 aromatic rings. The van der Waals surface area contributed by atoms with Crippen molar-refractivity contribution in [2.24, 2.45) is 5.10 Å². The fourth-order valence-corrected chi connectivity index (χ4v) is 4.88. The topological polar surface area (TPSA) is 109 Å². The first kappa shape index (κ1) is 27.7. The van der Waals surface area contributed by atoms with Crippen molar-refractivity contribution in [1.29, 1.82) is 0 Å². The van der Waals surface area contributed by atoms with Gasteiger partial charge in [0.15, 0.2) is 11.5 Å². The van der Waals surface area contributed by atoms with E-state index in [9.17, 15) is 14.9 Å². The Morgan fingerprint density at radius 1 is 1.18 bits per heavy atom. The molecule has 0 unspecified atom stereocenters. The first-order valence-electron chi connectivity index (χ1n) is 11.5. The van der Waals surface area contributed by atoms with Crippen LogP contribution in [-0.2, 0) is 12.0 Å². The van der Waals surface area contributed by atoms with E-state index in [0.29, 0.717) is 39.4 Å². The Morgan fingerprint density at radius 3 is 2.63 bits per heavy atom. The van der Waals surface area contributed by atoms with Crippen molar-refractivity contribution in [2.75, 3.05) is 7.11 Å². The Hall–Kier alpha value is -3.32. The van der Waals surface area contributed by atoms with Crippen LogP contribution in [0.15, 0.2) is 69.0 Å². The minimum absolute atomic E-state index is 0.000252. The third-order valence-electron chi connectivity index (χ3n) is 5.56. The molecule has 0 amide bonds. The van der Waals surface area contributed by atoms with Crippen LogP contribution in [0, 0.1) is 13.7 Å². The number of benzene rings is 3. The highest BCUT2D eigenvalue weighted by Crippen LogP contribution is 2.34. The highest BCUT2D eigenvalue weighted by Gasteiger charge is 2.23. The molecule has 3 aromatic carbocycles. The Morgan fingerprint density at radius 2 is 1.95 bits per heavy atom. The molecule has 0 N–H and O–H groups in total. The van der Waals surface area contributed by atoms with Crippen molar-refractivity contribution in [1.82, 2.24) is 9.66 Å². The number of aromatic nitrogens is 2. The molecule has 1 heterocycles. The fourth-order valence-electron chi connectivity index (χ4n) is 3.74. The molecular weight excluding hydrogens is 667 g/mol. The summed E-state index contributed by atoms with van der Waals surface area (Å²) in [6, 6.07) is 15.3. The molecule has 38 heavy (non-hydrogen) atoms. The summed E-state index contributed by atoms with van der Waals surface area (Å²) in [5, 5.41) is 16.0. The van der Waals surface area contributed by atoms with E-state index in [-0.39, 0.29) is 17.9 Å². The minimum Gasteiger partial charge on any atom is -0.493 e. The van der Waals surface area contributed by atoms with Crippen molar-refractivity contribution in [3.63, 3.8) is 0 Å². The lowest BCUT2D eigenvalue weighted by Gasteiger charge is -2.21. The van der Waals surface area contributed by atoms with Crippen LogP contribution in [0.4, 0.5) is 5.69 Å². The van der Waals surface area contributed by atoms with E-state index in [1.165, 1.54) is 23.9 Å². The number of nitro groups is 1. The number of ether oxygens (including phenoxy) is 2. The molecule has 196 valence electrons. The quantitative estimate of drug-likeness (QED) is 0.0956. The fraction of sp³-hybridized carbons (Fsp3) is 0.222. The average molecular weight is 691 g/mol. The van der Waals surface area contributed by atoms with Crippen LogP contribution in [0.2, 0.25) is 0 Å². The molecule has 0 aliphatic heterocycles. The lowest BCUT2D eigenvalue weighted by Crippen LogP contribution is -2.29. The molecule has 0 fully saturated rings. The average Bonchev–Trinajstić information content (AvgIpc) is 2.87.